The molecular weight excluding hydrogens is 272 g/mol. The number of hydrogen-bond donors (Lipinski definition) is 1. The standard InChI is InChI=1S/C14H14N4OS/c19-14(16-4-1-6-18-7-5-15-9-18)11-2-3-12-13(8-11)20-10-17-12/h2-3,5,7-10H,1,4,6H2,(H,16,19). The van der Waals surface area contributed by atoms with Crippen LogP contribution in [0.3, 0.4) is 0 Å². The monoisotopic (exact) mass is 286 g/mol. The van der Waals surface area contributed by atoms with Crippen molar-refractivity contribution < 1.29 is 4.79 Å². The van der Waals surface area contributed by atoms with Crippen LogP contribution in [0.2, 0.25) is 0 Å². The summed E-state index contributed by atoms with van der Waals surface area (Å²) in [5.41, 5.74) is 3.41. The van der Waals surface area contributed by atoms with Crippen LogP contribution in [-0.4, -0.2) is 27.0 Å². The first kappa shape index (κ1) is 12.8. The fraction of sp³-hybridized carbons (Fsp3) is 0.214. The van der Waals surface area contributed by atoms with Gasteiger partial charge in [-0.25, -0.2) is 9.97 Å². The van der Waals surface area contributed by atoms with Gasteiger partial charge in [-0.2, -0.15) is 0 Å². The molecule has 2 heterocycles. The molecule has 0 saturated heterocycles. The summed E-state index contributed by atoms with van der Waals surface area (Å²) in [5.74, 6) is -0.0362. The number of aromatic nitrogens is 3. The third-order valence-corrected chi connectivity index (χ3v) is 3.82. The van der Waals surface area contributed by atoms with Crippen molar-refractivity contribution in [2.24, 2.45) is 0 Å². The summed E-state index contributed by atoms with van der Waals surface area (Å²) in [6.45, 7) is 1.51. The third-order valence-electron chi connectivity index (χ3n) is 3.03. The smallest absolute Gasteiger partial charge is 0.251 e. The zero-order chi connectivity index (χ0) is 13.8. The molecule has 0 saturated carbocycles. The molecule has 1 amide bonds. The van der Waals surface area contributed by atoms with Gasteiger partial charge in [0.1, 0.15) is 0 Å². The molecule has 0 unspecified atom stereocenters. The molecule has 20 heavy (non-hydrogen) atoms. The Balaban J connectivity index is 1.53. The molecule has 2 aromatic heterocycles. The summed E-state index contributed by atoms with van der Waals surface area (Å²) in [6.07, 6.45) is 6.33. The number of carbonyl (C=O) groups excluding carboxylic acids is 1. The lowest BCUT2D eigenvalue weighted by atomic mass is 10.2. The van der Waals surface area contributed by atoms with E-state index >= 15 is 0 Å². The van der Waals surface area contributed by atoms with Crippen LogP contribution in [0, 0.1) is 0 Å². The average Bonchev–Trinajstić information content (AvgIpc) is 3.13. The summed E-state index contributed by atoms with van der Waals surface area (Å²) in [5, 5.41) is 2.93. The number of nitrogens with one attached hydrogen (secondary N) is 1. The minimum absolute atomic E-state index is 0.0362. The molecule has 1 N–H and O–H groups in total. The maximum absolute atomic E-state index is 12.0. The first-order valence-corrected chi connectivity index (χ1v) is 7.28. The number of amides is 1. The van der Waals surface area contributed by atoms with E-state index in [-0.39, 0.29) is 5.91 Å². The van der Waals surface area contributed by atoms with Crippen molar-refractivity contribution in [2.45, 2.75) is 13.0 Å². The normalized spacial score (nSPS) is 10.8. The predicted octanol–water partition coefficient (Wildman–Crippen LogP) is 2.31. The largest absolute Gasteiger partial charge is 0.352 e. The molecule has 3 rings (SSSR count). The van der Waals surface area contributed by atoms with Crippen LogP contribution in [0.4, 0.5) is 0 Å². The maximum Gasteiger partial charge on any atom is 0.251 e. The Hall–Kier alpha value is -2.21. The van der Waals surface area contributed by atoms with E-state index in [0.717, 1.165) is 23.2 Å². The van der Waals surface area contributed by atoms with Crippen molar-refractivity contribution in [2.75, 3.05) is 6.54 Å². The summed E-state index contributed by atoms with van der Waals surface area (Å²) < 4.78 is 3.03. The van der Waals surface area contributed by atoms with Gasteiger partial charge in [0.25, 0.3) is 5.91 Å². The van der Waals surface area contributed by atoms with E-state index in [4.69, 9.17) is 0 Å². The van der Waals surface area contributed by atoms with Gasteiger partial charge in [0.05, 0.1) is 22.1 Å². The van der Waals surface area contributed by atoms with Crippen molar-refractivity contribution >= 4 is 27.5 Å². The number of hydrogen-bond acceptors (Lipinski definition) is 4. The molecule has 0 radical (unpaired) electrons. The van der Waals surface area contributed by atoms with Crippen LogP contribution in [0.1, 0.15) is 16.8 Å². The van der Waals surface area contributed by atoms with Gasteiger partial charge in [-0.05, 0) is 24.6 Å². The predicted molar refractivity (Wildman–Crippen MR) is 78.8 cm³/mol. The van der Waals surface area contributed by atoms with Gasteiger partial charge in [-0.15, -0.1) is 11.3 Å². The van der Waals surface area contributed by atoms with Crippen molar-refractivity contribution in [3.05, 3.63) is 48.0 Å². The molecule has 5 nitrogen and oxygen atoms in total. The van der Waals surface area contributed by atoms with E-state index in [1.807, 2.05) is 29.0 Å². The zero-order valence-corrected chi connectivity index (χ0v) is 11.6. The van der Waals surface area contributed by atoms with Gasteiger partial charge in [0.2, 0.25) is 0 Å². The second-order valence-electron chi connectivity index (χ2n) is 4.44. The van der Waals surface area contributed by atoms with Crippen LogP contribution in [0.15, 0.2) is 42.4 Å². The van der Waals surface area contributed by atoms with Crippen LogP contribution in [-0.2, 0) is 6.54 Å². The lowest BCUT2D eigenvalue weighted by Crippen LogP contribution is -2.25. The number of aryl methyl sites for hydroxylation is 1. The molecule has 102 valence electrons. The maximum atomic E-state index is 12.0. The molecule has 0 spiro atoms. The Labute approximate surface area is 120 Å². The molecular formula is C14H14N4OS. The fourth-order valence-corrected chi connectivity index (χ4v) is 2.70. The number of fused-ring (bicyclic) bond motifs is 1. The summed E-state index contributed by atoms with van der Waals surface area (Å²) >= 11 is 1.54. The number of benzene rings is 1. The highest BCUT2D eigenvalue weighted by atomic mass is 32.1. The Bertz CT molecular complexity index is 705. The van der Waals surface area contributed by atoms with Crippen molar-refractivity contribution in [1.29, 1.82) is 0 Å². The molecule has 0 fully saturated rings. The second kappa shape index (κ2) is 5.83. The average molecular weight is 286 g/mol. The number of rotatable bonds is 5. The molecule has 3 aromatic rings. The highest BCUT2D eigenvalue weighted by Crippen LogP contribution is 2.18. The number of nitrogens with zero attached hydrogens (tertiary/aromatic N) is 3. The van der Waals surface area contributed by atoms with E-state index in [9.17, 15) is 4.79 Å². The van der Waals surface area contributed by atoms with E-state index in [1.54, 1.807) is 29.4 Å². The van der Waals surface area contributed by atoms with E-state index in [2.05, 4.69) is 15.3 Å². The Morgan fingerprint density at radius 1 is 1.40 bits per heavy atom. The number of carbonyl (C=O) groups is 1. The fourth-order valence-electron chi connectivity index (χ4n) is 1.98. The molecule has 0 bridgehead atoms. The number of imidazole rings is 1. The van der Waals surface area contributed by atoms with Crippen LogP contribution >= 0.6 is 11.3 Å². The summed E-state index contributed by atoms with van der Waals surface area (Å²) in [7, 11) is 0. The second-order valence-corrected chi connectivity index (χ2v) is 5.33. The van der Waals surface area contributed by atoms with Gasteiger partial charge < -0.3 is 9.88 Å². The topological polar surface area (TPSA) is 59.8 Å². The van der Waals surface area contributed by atoms with Crippen molar-refractivity contribution in [3.8, 4) is 0 Å². The molecule has 0 aliphatic rings. The summed E-state index contributed by atoms with van der Waals surface area (Å²) in [6, 6.07) is 5.58. The van der Waals surface area contributed by atoms with E-state index < -0.39 is 0 Å². The third kappa shape index (κ3) is 2.85. The Kier molecular flexibility index (Phi) is 3.73. The summed E-state index contributed by atoms with van der Waals surface area (Å²) in [4.78, 5) is 20.2. The van der Waals surface area contributed by atoms with Gasteiger partial charge in [0, 0.05) is 31.0 Å². The lowest BCUT2D eigenvalue weighted by molar-refractivity contribution is 0.0953. The van der Waals surface area contributed by atoms with Gasteiger partial charge >= 0.3 is 0 Å². The van der Waals surface area contributed by atoms with Gasteiger partial charge in [0.15, 0.2) is 0 Å². The Morgan fingerprint density at radius 3 is 3.20 bits per heavy atom. The quantitative estimate of drug-likeness (QED) is 0.732. The Morgan fingerprint density at radius 2 is 2.35 bits per heavy atom. The van der Waals surface area contributed by atoms with E-state index in [0.29, 0.717) is 12.1 Å². The zero-order valence-electron chi connectivity index (χ0n) is 10.8. The molecule has 6 heteroatoms. The van der Waals surface area contributed by atoms with Gasteiger partial charge in [-0.1, -0.05) is 0 Å². The van der Waals surface area contributed by atoms with Gasteiger partial charge in [-0.3, -0.25) is 4.79 Å². The van der Waals surface area contributed by atoms with E-state index in [1.165, 1.54) is 0 Å². The molecule has 0 aliphatic carbocycles. The highest BCUT2D eigenvalue weighted by molar-refractivity contribution is 7.16. The first-order chi connectivity index (χ1) is 9.83. The first-order valence-electron chi connectivity index (χ1n) is 6.40. The lowest BCUT2D eigenvalue weighted by Gasteiger charge is -2.05. The molecule has 0 aliphatic heterocycles. The van der Waals surface area contributed by atoms with Crippen molar-refractivity contribution in [3.63, 3.8) is 0 Å². The number of thiazole rings is 1. The highest BCUT2D eigenvalue weighted by Gasteiger charge is 2.06. The molecule has 1 aromatic carbocycles. The van der Waals surface area contributed by atoms with Crippen LogP contribution in [0.25, 0.3) is 10.2 Å². The van der Waals surface area contributed by atoms with Crippen LogP contribution < -0.4 is 5.32 Å². The SMILES string of the molecule is O=C(NCCCn1ccnc1)c1ccc2ncsc2c1. The van der Waals surface area contributed by atoms with Crippen molar-refractivity contribution in [1.82, 2.24) is 19.9 Å². The molecule has 0 atom stereocenters. The minimum Gasteiger partial charge on any atom is -0.352 e. The van der Waals surface area contributed by atoms with Crippen LogP contribution in [0.5, 0.6) is 0 Å². The minimum atomic E-state index is -0.0362.